The van der Waals surface area contributed by atoms with Crippen LogP contribution in [0, 0.1) is 11.3 Å². The number of nitrogens with one attached hydrogen (secondary N) is 1. The lowest BCUT2D eigenvalue weighted by molar-refractivity contribution is -0.145. The maximum absolute atomic E-state index is 11.6. The summed E-state index contributed by atoms with van der Waals surface area (Å²) < 4.78 is 0. The minimum Gasteiger partial charge on any atom is -0.481 e. The Labute approximate surface area is 82.7 Å². The fraction of sp³-hybridized carbons (Fsp3) is 0.800. The average molecular weight is 197 g/mol. The Morgan fingerprint density at radius 2 is 2.29 bits per heavy atom. The molecule has 0 unspecified atom stereocenters. The predicted octanol–water partition coefficient (Wildman–Crippen LogP) is 0.767. The third kappa shape index (κ3) is 1.38. The number of amides is 1. The van der Waals surface area contributed by atoms with Gasteiger partial charge in [-0.25, -0.2) is 0 Å². The molecule has 4 nitrogen and oxygen atoms in total. The largest absolute Gasteiger partial charge is 0.481 e. The molecule has 1 amide bonds. The molecule has 1 saturated heterocycles. The molecule has 4 heteroatoms. The Morgan fingerprint density at radius 3 is 2.86 bits per heavy atom. The van der Waals surface area contributed by atoms with Crippen LogP contribution in [-0.4, -0.2) is 23.5 Å². The van der Waals surface area contributed by atoms with Crippen molar-refractivity contribution in [3.63, 3.8) is 0 Å². The summed E-state index contributed by atoms with van der Waals surface area (Å²) in [6.45, 7) is 0.713. The molecule has 1 aliphatic carbocycles. The third-order valence-corrected chi connectivity index (χ3v) is 3.57. The molecule has 1 heterocycles. The molecule has 2 N–H and O–H groups in total. The van der Waals surface area contributed by atoms with Crippen molar-refractivity contribution >= 4 is 11.9 Å². The topological polar surface area (TPSA) is 66.4 Å². The quantitative estimate of drug-likeness (QED) is 0.652. The van der Waals surface area contributed by atoms with E-state index in [0.717, 1.165) is 25.7 Å². The maximum Gasteiger partial charge on any atom is 0.306 e. The smallest absolute Gasteiger partial charge is 0.306 e. The molecule has 2 atom stereocenters. The van der Waals surface area contributed by atoms with E-state index in [1.54, 1.807) is 0 Å². The van der Waals surface area contributed by atoms with Gasteiger partial charge in [0.2, 0.25) is 5.91 Å². The molecule has 0 aromatic carbocycles. The lowest BCUT2D eigenvalue weighted by atomic mass is 9.68. The van der Waals surface area contributed by atoms with Crippen LogP contribution in [0.15, 0.2) is 0 Å². The van der Waals surface area contributed by atoms with Gasteiger partial charge >= 0.3 is 5.97 Å². The van der Waals surface area contributed by atoms with Gasteiger partial charge in [-0.3, -0.25) is 9.59 Å². The zero-order chi connectivity index (χ0) is 10.2. The van der Waals surface area contributed by atoms with E-state index in [-0.39, 0.29) is 17.2 Å². The van der Waals surface area contributed by atoms with E-state index in [1.165, 1.54) is 0 Å². The van der Waals surface area contributed by atoms with Gasteiger partial charge < -0.3 is 10.4 Å². The monoisotopic (exact) mass is 197 g/mol. The molecule has 1 aliphatic heterocycles. The van der Waals surface area contributed by atoms with E-state index >= 15 is 0 Å². The number of aliphatic carboxylic acids is 1. The Balaban J connectivity index is 2.13. The van der Waals surface area contributed by atoms with E-state index in [2.05, 4.69) is 5.32 Å². The summed E-state index contributed by atoms with van der Waals surface area (Å²) in [5.41, 5.74) is -0.346. The molecule has 2 fully saturated rings. The second-order valence-corrected chi connectivity index (χ2v) is 4.42. The van der Waals surface area contributed by atoms with Crippen LogP contribution in [0.2, 0.25) is 0 Å². The van der Waals surface area contributed by atoms with E-state index in [0.29, 0.717) is 13.0 Å². The van der Waals surface area contributed by atoms with E-state index in [9.17, 15) is 9.59 Å². The highest BCUT2D eigenvalue weighted by Gasteiger charge is 2.46. The van der Waals surface area contributed by atoms with Crippen LogP contribution in [0.25, 0.3) is 0 Å². The second-order valence-electron chi connectivity index (χ2n) is 4.42. The van der Waals surface area contributed by atoms with Gasteiger partial charge in [-0.15, -0.1) is 0 Å². The number of carboxylic acids is 1. The molecule has 0 bridgehead atoms. The predicted molar refractivity (Wildman–Crippen MR) is 49.7 cm³/mol. The van der Waals surface area contributed by atoms with Gasteiger partial charge in [0.25, 0.3) is 0 Å². The highest BCUT2D eigenvalue weighted by atomic mass is 16.4. The van der Waals surface area contributed by atoms with Crippen molar-refractivity contribution in [2.45, 2.75) is 32.1 Å². The van der Waals surface area contributed by atoms with Gasteiger partial charge in [0.05, 0.1) is 11.3 Å². The Morgan fingerprint density at radius 1 is 1.50 bits per heavy atom. The fourth-order valence-corrected chi connectivity index (χ4v) is 2.72. The van der Waals surface area contributed by atoms with E-state index < -0.39 is 5.97 Å². The normalized spacial score (nSPS) is 37.1. The van der Waals surface area contributed by atoms with Crippen LogP contribution < -0.4 is 5.32 Å². The van der Waals surface area contributed by atoms with Crippen molar-refractivity contribution in [1.82, 2.24) is 5.32 Å². The van der Waals surface area contributed by atoms with Crippen LogP contribution in [0.1, 0.15) is 32.1 Å². The highest BCUT2D eigenvalue weighted by molar-refractivity contribution is 5.85. The zero-order valence-corrected chi connectivity index (χ0v) is 8.08. The van der Waals surface area contributed by atoms with Crippen molar-refractivity contribution in [2.24, 2.45) is 11.3 Å². The zero-order valence-electron chi connectivity index (χ0n) is 8.08. The number of carbonyl (C=O) groups is 2. The standard InChI is InChI=1S/C10H15NO3/c12-8(13)7-2-1-3-10(6-7)4-5-11-9(10)14/h7H,1-6H2,(H,11,14)(H,12,13)/t7-,10-/m0/s1. The van der Waals surface area contributed by atoms with Crippen molar-refractivity contribution in [2.75, 3.05) is 6.54 Å². The SMILES string of the molecule is O=C(O)[C@H]1CCC[C@]2(CCNC2=O)C1. The first kappa shape index (κ1) is 9.49. The van der Waals surface area contributed by atoms with Crippen LogP contribution >= 0.6 is 0 Å². The molecular formula is C10H15NO3. The number of rotatable bonds is 1. The third-order valence-electron chi connectivity index (χ3n) is 3.57. The highest BCUT2D eigenvalue weighted by Crippen LogP contribution is 2.44. The summed E-state index contributed by atoms with van der Waals surface area (Å²) >= 11 is 0. The van der Waals surface area contributed by atoms with Crippen molar-refractivity contribution in [1.29, 1.82) is 0 Å². The van der Waals surface area contributed by atoms with Crippen LogP contribution in [0.5, 0.6) is 0 Å². The minimum atomic E-state index is -0.747. The molecule has 0 aromatic heterocycles. The van der Waals surface area contributed by atoms with Crippen LogP contribution in [0.3, 0.4) is 0 Å². The Bertz CT molecular complexity index is 277. The van der Waals surface area contributed by atoms with Gasteiger partial charge in [-0.05, 0) is 25.7 Å². The summed E-state index contributed by atoms with van der Waals surface area (Å²) in [5.74, 6) is -0.986. The van der Waals surface area contributed by atoms with Crippen LogP contribution in [0.4, 0.5) is 0 Å². The molecular weight excluding hydrogens is 182 g/mol. The molecule has 0 radical (unpaired) electrons. The maximum atomic E-state index is 11.6. The first-order valence-electron chi connectivity index (χ1n) is 5.15. The van der Waals surface area contributed by atoms with Crippen molar-refractivity contribution < 1.29 is 14.7 Å². The Hall–Kier alpha value is -1.06. The Kier molecular flexibility index (Phi) is 2.21. The second kappa shape index (κ2) is 3.26. The summed E-state index contributed by atoms with van der Waals surface area (Å²) in [6, 6.07) is 0. The summed E-state index contributed by atoms with van der Waals surface area (Å²) in [5, 5.41) is 11.7. The van der Waals surface area contributed by atoms with E-state index in [4.69, 9.17) is 5.11 Å². The first-order chi connectivity index (χ1) is 6.64. The summed E-state index contributed by atoms with van der Waals surface area (Å²) in [4.78, 5) is 22.5. The number of hydrogen-bond acceptors (Lipinski definition) is 2. The molecule has 1 saturated carbocycles. The molecule has 1 spiro atoms. The number of carbonyl (C=O) groups excluding carboxylic acids is 1. The first-order valence-corrected chi connectivity index (χ1v) is 5.15. The summed E-state index contributed by atoms with van der Waals surface area (Å²) in [6.07, 6.45) is 3.81. The molecule has 0 aromatic rings. The lowest BCUT2D eigenvalue weighted by Crippen LogP contribution is -2.38. The average Bonchev–Trinajstić information content (AvgIpc) is 2.48. The number of carboxylic acid groups (broad SMARTS) is 1. The summed E-state index contributed by atoms with van der Waals surface area (Å²) in [7, 11) is 0. The molecule has 78 valence electrons. The molecule has 14 heavy (non-hydrogen) atoms. The van der Waals surface area contributed by atoms with Gasteiger partial charge in [0, 0.05) is 6.54 Å². The fourth-order valence-electron chi connectivity index (χ4n) is 2.72. The molecule has 2 rings (SSSR count). The molecule has 2 aliphatic rings. The minimum absolute atomic E-state index is 0.0726. The van der Waals surface area contributed by atoms with Crippen LogP contribution in [-0.2, 0) is 9.59 Å². The lowest BCUT2D eigenvalue weighted by Gasteiger charge is -2.33. The van der Waals surface area contributed by atoms with Gasteiger partial charge in [-0.2, -0.15) is 0 Å². The van der Waals surface area contributed by atoms with Gasteiger partial charge in [0.15, 0.2) is 0 Å². The van der Waals surface area contributed by atoms with Crippen molar-refractivity contribution in [3.8, 4) is 0 Å². The van der Waals surface area contributed by atoms with E-state index in [1.807, 2.05) is 0 Å². The van der Waals surface area contributed by atoms with Gasteiger partial charge in [-0.1, -0.05) is 6.42 Å². The van der Waals surface area contributed by atoms with Gasteiger partial charge in [0.1, 0.15) is 0 Å². The number of hydrogen-bond donors (Lipinski definition) is 2. The van der Waals surface area contributed by atoms with Crippen molar-refractivity contribution in [3.05, 3.63) is 0 Å².